The van der Waals surface area contributed by atoms with Gasteiger partial charge < -0.3 is 19.5 Å². The fourth-order valence-electron chi connectivity index (χ4n) is 4.76. The smallest absolute Gasteiger partial charge is 0.414 e. The Morgan fingerprint density at radius 3 is 2.22 bits per heavy atom. The number of ether oxygens (including phenoxy) is 1. The fourth-order valence-corrected chi connectivity index (χ4v) is 5.01. The lowest BCUT2D eigenvalue weighted by molar-refractivity contribution is 0.0863. The third kappa shape index (κ3) is 8.68. The number of isocyanates is 1. The lowest BCUT2D eigenvalue weighted by Crippen LogP contribution is -2.51. The number of halogens is 2. The lowest BCUT2D eigenvalue weighted by atomic mass is 10.2. The number of nitrogens with zero attached hydrogens (tertiary/aromatic N) is 6. The van der Waals surface area contributed by atoms with E-state index in [-0.39, 0.29) is 18.2 Å². The number of carbonyl (C=O) groups excluding carboxylic acids is 3. The van der Waals surface area contributed by atoms with E-state index in [0.29, 0.717) is 72.4 Å². The SMILES string of the molecule is Cc1nc(-c2ccc(N3CC(CN4CCN(C(=O)Nc5ccc(Cl)cc5)CC4)OC3=O)cc2)no1.O=C=Nc1ccc(Cl)cc1. The molecule has 45 heavy (non-hydrogen) atoms. The van der Waals surface area contributed by atoms with Gasteiger partial charge in [-0.15, -0.1) is 0 Å². The van der Waals surface area contributed by atoms with Gasteiger partial charge in [-0.2, -0.15) is 9.98 Å². The maximum Gasteiger partial charge on any atom is 0.414 e. The first-order valence-corrected chi connectivity index (χ1v) is 14.8. The summed E-state index contributed by atoms with van der Waals surface area (Å²) in [6, 6.07) is 20.9. The zero-order valence-corrected chi connectivity index (χ0v) is 25.7. The Morgan fingerprint density at radius 1 is 0.978 bits per heavy atom. The normalized spacial score (nSPS) is 16.3. The molecular formula is C31H29Cl2N7O5. The molecule has 1 N–H and O–H groups in total. The van der Waals surface area contributed by atoms with Crippen LogP contribution in [0.5, 0.6) is 0 Å². The van der Waals surface area contributed by atoms with E-state index in [1.165, 1.54) is 6.08 Å². The summed E-state index contributed by atoms with van der Waals surface area (Å²) in [5.74, 6) is 1.01. The fraction of sp³-hybridized carbons (Fsp3) is 0.258. The number of aliphatic imine (C=N–C) groups is 1. The van der Waals surface area contributed by atoms with E-state index in [1.54, 1.807) is 65.3 Å². The van der Waals surface area contributed by atoms with Crippen molar-refractivity contribution >= 4 is 58.5 Å². The summed E-state index contributed by atoms with van der Waals surface area (Å²) >= 11 is 11.5. The molecule has 3 heterocycles. The molecule has 0 bridgehead atoms. The molecule has 0 spiro atoms. The molecule has 2 saturated heterocycles. The summed E-state index contributed by atoms with van der Waals surface area (Å²) in [6.45, 7) is 5.44. The minimum atomic E-state index is -0.362. The summed E-state index contributed by atoms with van der Waals surface area (Å²) < 4.78 is 10.6. The first-order chi connectivity index (χ1) is 21.8. The molecule has 1 unspecified atom stereocenters. The average Bonchev–Trinajstić information content (AvgIpc) is 3.65. The van der Waals surface area contributed by atoms with Crippen LogP contribution >= 0.6 is 23.2 Å². The summed E-state index contributed by atoms with van der Waals surface area (Å²) in [6.07, 6.45) is 0.834. The van der Waals surface area contributed by atoms with Crippen molar-refractivity contribution in [3.63, 3.8) is 0 Å². The maximum atomic E-state index is 12.5. The van der Waals surface area contributed by atoms with Crippen molar-refractivity contribution in [2.45, 2.75) is 13.0 Å². The van der Waals surface area contributed by atoms with Gasteiger partial charge in [0.1, 0.15) is 6.10 Å². The van der Waals surface area contributed by atoms with Crippen LogP contribution in [0.3, 0.4) is 0 Å². The molecule has 6 rings (SSSR count). The highest BCUT2D eigenvalue weighted by Gasteiger charge is 2.34. The molecule has 0 radical (unpaired) electrons. The van der Waals surface area contributed by atoms with E-state index in [0.717, 1.165) is 11.3 Å². The van der Waals surface area contributed by atoms with Gasteiger partial charge in [0.15, 0.2) is 0 Å². The van der Waals surface area contributed by atoms with Gasteiger partial charge in [-0.1, -0.05) is 28.4 Å². The summed E-state index contributed by atoms with van der Waals surface area (Å²) in [5, 5.41) is 8.06. The highest BCUT2D eigenvalue weighted by molar-refractivity contribution is 6.30. The second kappa shape index (κ2) is 14.8. The number of anilines is 2. The summed E-state index contributed by atoms with van der Waals surface area (Å²) in [7, 11) is 0. The molecule has 0 aliphatic carbocycles. The largest absolute Gasteiger partial charge is 0.443 e. The van der Waals surface area contributed by atoms with Crippen molar-refractivity contribution in [3.05, 3.63) is 88.7 Å². The van der Waals surface area contributed by atoms with E-state index < -0.39 is 0 Å². The van der Waals surface area contributed by atoms with Gasteiger partial charge >= 0.3 is 12.1 Å². The van der Waals surface area contributed by atoms with Crippen molar-refractivity contribution in [3.8, 4) is 11.4 Å². The van der Waals surface area contributed by atoms with Crippen LogP contribution in [0.1, 0.15) is 5.89 Å². The van der Waals surface area contributed by atoms with Crippen LogP contribution in [0, 0.1) is 6.92 Å². The second-order valence-corrected chi connectivity index (χ2v) is 11.1. The van der Waals surface area contributed by atoms with Crippen LogP contribution in [0.15, 0.2) is 82.3 Å². The number of urea groups is 1. The molecule has 2 aliphatic heterocycles. The van der Waals surface area contributed by atoms with E-state index in [1.807, 2.05) is 24.3 Å². The molecule has 3 amide bonds. The lowest BCUT2D eigenvalue weighted by Gasteiger charge is -2.35. The number of piperazine rings is 1. The topological polar surface area (TPSA) is 133 Å². The van der Waals surface area contributed by atoms with Crippen molar-refractivity contribution in [1.82, 2.24) is 19.9 Å². The number of hydrogen-bond donors (Lipinski definition) is 1. The zero-order valence-electron chi connectivity index (χ0n) is 24.2. The number of rotatable bonds is 6. The molecule has 2 aliphatic rings. The van der Waals surface area contributed by atoms with E-state index in [4.69, 9.17) is 32.5 Å². The Kier molecular flexibility index (Phi) is 10.4. The van der Waals surface area contributed by atoms with Gasteiger partial charge in [-0.05, 0) is 72.8 Å². The first kappa shape index (κ1) is 31.7. The predicted octanol–water partition coefficient (Wildman–Crippen LogP) is 6.18. The zero-order chi connectivity index (χ0) is 31.8. The van der Waals surface area contributed by atoms with E-state index in [2.05, 4.69) is 25.3 Å². The number of cyclic esters (lactones) is 1. The Morgan fingerprint density at radius 2 is 1.62 bits per heavy atom. The van der Waals surface area contributed by atoms with Crippen LogP contribution in [0.25, 0.3) is 11.4 Å². The number of amides is 3. The minimum absolute atomic E-state index is 0.134. The predicted molar refractivity (Wildman–Crippen MR) is 170 cm³/mol. The Labute approximate surface area is 269 Å². The Hall–Kier alpha value is -4.74. The third-order valence-corrected chi connectivity index (χ3v) is 7.56. The first-order valence-electron chi connectivity index (χ1n) is 14.0. The van der Waals surface area contributed by atoms with Crippen LogP contribution in [0.4, 0.5) is 26.7 Å². The maximum absolute atomic E-state index is 12.5. The summed E-state index contributed by atoms with van der Waals surface area (Å²) in [4.78, 5) is 48.0. The Bertz CT molecular complexity index is 1650. The second-order valence-electron chi connectivity index (χ2n) is 10.2. The number of aromatic nitrogens is 2. The van der Waals surface area contributed by atoms with Gasteiger partial charge in [-0.3, -0.25) is 9.80 Å². The van der Waals surface area contributed by atoms with Crippen LogP contribution in [-0.2, 0) is 9.53 Å². The molecule has 14 heteroatoms. The number of nitrogens with one attached hydrogen (secondary N) is 1. The van der Waals surface area contributed by atoms with Crippen molar-refractivity contribution in [1.29, 1.82) is 0 Å². The van der Waals surface area contributed by atoms with Crippen LogP contribution in [-0.4, -0.2) is 83.5 Å². The number of hydrogen-bond acceptors (Lipinski definition) is 9. The number of aryl methyl sites for hydroxylation is 1. The number of benzene rings is 3. The van der Waals surface area contributed by atoms with E-state index >= 15 is 0 Å². The van der Waals surface area contributed by atoms with Gasteiger partial charge in [0.2, 0.25) is 17.8 Å². The molecule has 4 aromatic rings. The molecule has 2 fully saturated rings. The van der Waals surface area contributed by atoms with Crippen molar-refractivity contribution in [2.75, 3.05) is 49.5 Å². The highest BCUT2D eigenvalue weighted by atomic mass is 35.5. The Balaban J connectivity index is 0.000000342. The molecular weight excluding hydrogens is 621 g/mol. The van der Waals surface area contributed by atoms with Gasteiger partial charge in [0.05, 0.1) is 12.2 Å². The minimum Gasteiger partial charge on any atom is -0.443 e. The molecule has 1 aromatic heterocycles. The average molecular weight is 651 g/mol. The standard InChI is InChI=1S/C24H25ClN6O4.C7H4ClNO/c1-16-26-22(28-35-16)17-2-8-20(9-3-17)31-15-21(34-24(31)33)14-29-10-12-30(13-11-29)23(32)27-19-6-4-18(25)5-7-19;8-6-1-3-7(4-2-6)9-5-10/h2-9,21H,10-15H2,1H3,(H,27,32);1-4H. The molecule has 3 aromatic carbocycles. The van der Waals surface area contributed by atoms with Crippen molar-refractivity contribution in [2.24, 2.45) is 4.99 Å². The monoisotopic (exact) mass is 649 g/mol. The molecule has 232 valence electrons. The quantitative estimate of drug-likeness (QED) is 0.193. The third-order valence-electron chi connectivity index (χ3n) is 7.06. The van der Waals surface area contributed by atoms with Gasteiger partial charge in [-0.25, -0.2) is 14.4 Å². The van der Waals surface area contributed by atoms with Gasteiger partial charge in [0.25, 0.3) is 0 Å². The van der Waals surface area contributed by atoms with Crippen LogP contribution in [0.2, 0.25) is 10.0 Å². The molecule has 0 saturated carbocycles. The summed E-state index contributed by atoms with van der Waals surface area (Å²) in [5.41, 5.74) is 2.84. The van der Waals surface area contributed by atoms with Gasteiger partial charge in [0, 0.05) is 66.6 Å². The highest BCUT2D eigenvalue weighted by Crippen LogP contribution is 2.26. The molecule has 1 atom stereocenters. The van der Waals surface area contributed by atoms with Crippen molar-refractivity contribution < 1.29 is 23.6 Å². The number of carbonyl (C=O) groups is 2. The molecule has 12 nitrogen and oxygen atoms in total. The van der Waals surface area contributed by atoms with Crippen LogP contribution < -0.4 is 10.2 Å². The van der Waals surface area contributed by atoms with E-state index in [9.17, 15) is 14.4 Å².